The Balaban J connectivity index is 0.000000461. The summed E-state index contributed by atoms with van der Waals surface area (Å²) in [4.78, 5) is 8.18. The fourth-order valence-corrected chi connectivity index (χ4v) is 1.02. The average molecular weight is 187 g/mol. The molecule has 0 saturated heterocycles. The quantitative estimate of drug-likeness (QED) is 0.591. The van der Waals surface area contributed by atoms with Gasteiger partial charge in [0, 0.05) is 18.6 Å². The second-order valence-corrected chi connectivity index (χ2v) is 2.34. The third kappa shape index (κ3) is 2.11. The molecule has 0 aliphatic rings. The van der Waals surface area contributed by atoms with Crippen molar-refractivity contribution in [3.63, 3.8) is 0 Å². The molecule has 3 nitrogen and oxygen atoms in total. The van der Waals surface area contributed by atoms with Gasteiger partial charge in [-0.25, -0.2) is 9.97 Å². The Hall–Kier alpha value is -1.82. The number of hydrogen-bond donors (Lipinski definition) is 0. The molecule has 0 bridgehead atoms. The highest BCUT2D eigenvalue weighted by atomic mass is 15.0. The van der Waals surface area contributed by atoms with Crippen LogP contribution in [0.5, 0.6) is 0 Å². The highest BCUT2D eigenvalue weighted by molar-refractivity contribution is 5.38. The minimum absolute atomic E-state index is 0.767. The van der Waals surface area contributed by atoms with E-state index >= 15 is 0 Å². The lowest BCUT2D eigenvalue weighted by molar-refractivity contribution is 1.11. The predicted molar refractivity (Wildman–Crippen MR) is 56.9 cm³/mol. The van der Waals surface area contributed by atoms with E-state index in [4.69, 9.17) is 0 Å². The maximum absolute atomic E-state index is 4.11. The van der Waals surface area contributed by atoms with Crippen molar-refractivity contribution in [1.82, 2.24) is 14.4 Å². The number of fused-ring (bicyclic) bond motifs is 1. The van der Waals surface area contributed by atoms with Crippen LogP contribution in [0.15, 0.2) is 24.8 Å². The highest BCUT2D eigenvalue weighted by Crippen LogP contribution is 1.98. The molecular formula is C11H13N3. The summed E-state index contributed by atoms with van der Waals surface area (Å²) in [6.07, 6.45) is 7.18. The van der Waals surface area contributed by atoms with Crippen LogP contribution in [-0.4, -0.2) is 14.4 Å². The largest absolute Gasteiger partial charge is 0.303 e. The number of rotatable bonds is 0. The molecule has 0 N–H and O–H groups in total. The zero-order chi connectivity index (χ0) is 10.4. The van der Waals surface area contributed by atoms with Crippen LogP contribution in [0.1, 0.15) is 26.5 Å². The molecule has 0 radical (unpaired) electrons. The van der Waals surface area contributed by atoms with E-state index in [0.29, 0.717) is 0 Å². The van der Waals surface area contributed by atoms with Gasteiger partial charge in [0.2, 0.25) is 0 Å². The first-order chi connectivity index (χ1) is 6.90. The molecule has 0 atom stereocenters. The summed E-state index contributed by atoms with van der Waals surface area (Å²) in [7, 11) is 0. The van der Waals surface area contributed by atoms with Gasteiger partial charge in [0.15, 0.2) is 5.65 Å². The minimum atomic E-state index is 0.767. The number of nitrogens with zero attached hydrogens (tertiary/aromatic N) is 3. The maximum Gasteiger partial charge on any atom is 0.155 e. The molecule has 0 aromatic carbocycles. The lowest BCUT2D eigenvalue weighted by Gasteiger charge is -1.92. The van der Waals surface area contributed by atoms with Gasteiger partial charge < -0.3 is 4.40 Å². The van der Waals surface area contributed by atoms with Crippen LogP contribution in [0.3, 0.4) is 0 Å². The normalized spacial score (nSPS) is 8.50. The van der Waals surface area contributed by atoms with Gasteiger partial charge in [0.1, 0.15) is 5.69 Å². The van der Waals surface area contributed by atoms with Gasteiger partial charge in [0.25, 0.3) is 0 Å². The summed E-state index contributed by atoms with van der Waals surface area (Å²) in [5.74, 6) is 5.67. The summed E-state index contributed by atoms with van der Waals surface area (Å²) in [6, 6.07) is 0. The van der Waals surface area contributed by atoms with Gasteiger partial charge >= 0.3 is 0 Å². The maximum atomic E-state index is 4.11. The predicted octanol–water partition coefficient (Wildman–Crippen LogP) is 2.13. The molecule has 2 aromatic rings. The highest BCUT2D eigenvalue weighted by Gasteiger charge is 1.93. The molecule has 0 unspecified atom stereocenters. The lowest BCUT2D eigenvalue weighted by Crippen LogP contribution is -1.88. The fraction of sp³-hybridized carbons (Fsp3) is 0.273. The summed E-state index contributed by atoms with van der Waals surface area (Å²) in [5.41, 5.74) is 1.61. The number of hydrogen-bond acceptors (Lipinski definition) is 2. The fourth-order valence-electron chi connectivity index (χ4n) is 1.02. The average Bonchev–Trinajstić information content (AvgIpc) is 2.68. The van der Waals surface area contributed by atoms with Crippen LogP contribution in [0.25, 0.3) is 5.65 Å². The SMILES string of the molecule is CC.CC#Cc1cn2ccnc2cn1. The van der Waals surface area contributed by atoms with Crippen molar-refractivity contribution in [1.29, 1.82) is 0 Å². The zero-order valence-electron chi connectivity index (χ0n) is 8.65. The van der Waals surface area contributed by atoms with Crippen molar-refractivity contribution in [2.24, 2.45) is 0 Å². The van der Waals surface area contributed by atoms with Gasteiger partial charge in [-0.05, 0) is 12.8 Å². The van der Waals surface area contributed by atoms with Gasteiger partial charge in [-0.15, -0.1) is 0 Å². The molecule has 0 aliphatic carbocycles. The third-order valence-corrected chi connectivity index (χ3v) is 1.53. The first kappa shape index (κ1) is 10.3. The molecule has 0 saturated carbocycles. The van der Waals surface area contributed by atoms with E-state index in [1.165, 1.54) is 0 Å². The van der Waals surface area contributed by atoms with Crippen LogP contribution in [0.2, 0.25) is 0 Å². The van der Waals surface area contributed by atoms with Crippen molar-refractivity contribution in [2.75, 3.05) is 0 Å². The number of aromatic nitrogens is 3. The van der Waals surface area contributed by atoms with Crippen LogP contribution in [-0.2, 0) is 0 Å². The van der Waals surface area contributed by atoms with Crippen molar-refractivity contribution >= 4 is 5.65 Å². The molecule has 0 amide bonds. The van der Waals surface area contributed by atoms with E-state index < -0.39 is 0 Å². The minimum Gasteiger partial charge on any atom is -0.303 e. The van der Waals surface area contributed by atoms with Gasteiger partial charge in [-0.3, -0.25) is 0 Å². The second kappa shape index (κ2) is 5.03. The first-order valence-electron chi connectivity index (χ1n) is 4.61. The lowest BCUT2D eigenvalue weighted by atomic mass is 10.4. The molecular weight excluding hydrogens is 174 g/mol. The Labute approximate surface area is 83.8 Å². The summed E-state index contributed by atoms with van der Waals surface area (Å²) in [5, 5.41) is 0. The van der Waals surface area contributed by atoms with Crippen molar-refractivity contribution in [3.05, 3.63) is 30.5 Å². The van der Waals surface area contributed by atoms with E-state index in [-0.39, 0.29) is 0 Å². The van der Waals surface area contributed by atoms with Crippen molar-refractivity contribution in [2.45, 2.75) is 20.8 Å². The van der Waals surface area contributed by atoms with E-state index in [0.717, 1.165) is 11.3 Å². The van der Waals surface area contributed by atoms with Crippen LogP contribution < -0.4 is 0 Å². The van der Waals surface area contributed by atoms with E-state index in [1.807, 2.05) is 30.6 Å². The van der Waals surface area contributed by atoms with Gasteiger partial charge in [-0.1, -0.05) is 19.8 Å². The molecule has 0 aliphatic heterocycles. The van der Waals surface area contributed by atoms with E-state index in [2.05, 4.69) is 21.8 Å². The van der Waals surface area contributed by atoms with E-state index in [9.17, 15) is 0 Å². The van der Waals surface area contributed by atoms with Crippen molar-refractivity contribution < 1.29 is 0 Å². The summed E-state index contributed by atoms with van der Waals surface area (Å²) < 4.78 is 1.90. The van der Waals surface area contributed by atoms with Crippen LogP contribution in [0.4, 0.5) is 0 Å². The van der Waals surface area contributed by atoms with Crippen LogP contribution >= 0.6 is 0 Å². The van der Waals surface area contributed by atoms with Crippen molar-refractivity contribution in [3.8, 4) is 11.8 Å². The smallest absolute Gasteiger partial charge is 0.155 e. The molecule has 14 heavy (non-hydrogen) atoms. The second-order valence-electron chi connectivity index (χ2n) is 2.34. The Kier molecular flexibility index (Phi) is 3.69. The topological polar surface area (TPSA) is 30.2 Å². The van der Waals surface area contributed by atoms with Gasteiger partial charge in [0.05, 0.1) is 6.20 Å². The molecule has 0 spiro atoms. The Morgan fingerprint density at radius 3 is 2.79 bits per heavy atom. The molecule has 2 aromatic heterocycles. The third-order valence-electron chi connectivity index (χ3n) is 1.53. The Morgan fingerprint density at radius 2 is 2.07 bits per heavy atom. The molecule has 3 heteroatoms. The Morgan fingerprint density at radius 1 is 1.29 bits per heavy atom. The number of imidazole rings is 1. The monoisotopic (exact) mass is 187 g/mol. The summed E-state index contributed by atoms with van der Waals surface area (Å²) in [6.45, 7) is 5.79. The molecule has 2 heterocycles. The molecule has 0 fully saturated rings. The van der Waals surface area contributed by atoms with Gasteiger partial charge in [-0.2, -0.15) is 0 Å². The molecule has 72 valence electrons. The summed E-state index contributed by atoms with van der Waals surface area (Å²) >= 11 is 0. The first-order valence-corrected chi connectivity index (χ1v) is 4.61. The Bertz CT molecular complexity index is 460. The van der Waals surface area contributed by atoms with Crippen LogP contribution in [0, 0.1) is 11.8 Å². The van der Waals surface area contributed by atoms with E-state index in [1.54, 1.807) is 19.3 Å². The standard InChI is InChI=1S/C9H7N3.C2H6/c1-2-3-8-7-12-5-4-10-9(12)6-11-8;1-2/h4-7H,1H3;1-2H3. The molecule has 2 rings (SSSR count). The zero-order valence-corrected chi connectivity index (χ0v) is 8.65.